The Hall–Kier alpha value is -3.11. The van der Waals surface area contributed by atoms with Gasteiger partial charge >= 0.3 is 10.2 Å². The van der Waals surface area contributed by atoms with Crippen molar-refractivity contribution in [1.29, 1.82) is 0 Å². The number of amides is 2. The fourth-order valence-electron chi connectivity index (χ4n) is 4.08. The maximum Gasteiger partial charge on any atom is 0.304 e. The molecule has 3 rings (SSSR count). The molecule has 2 amide bonds. The molecule has 0 aliphatic heterocycles. The quantitative estimate of drug-likeness (QED) is 0.304. The van der Waals surface area contributed by atoms with Gasteiger partial charge < -0.3 is 10.2 Å². The molecule has 0 radical (unpaired) electrons. The molecular weight excluding hydrogens is 571 g/mol. The van der Waals surface area contributed by atoms with E-state index in [1.54, 1.807) is 48.5 Å². The van der Waals surface area contributed by atoms with Crippen molar-refractivity contribution in [2.24, 2.45) is 0 Å². The predicted octanol–water partition coefficient (Wildman–Crippen LogP) is 4.77. The van der Waals surface area contributed by atoms with Gasteiger partial charge in [0.2, 0.25) is 11.8 Å². The van der Waals surface area contributed by atoms with Crippen LogP contribution in [0, 0.1) is 0 Å². The minimum absolute atomic E-state index is 0.0982. The van der Waals surface area contributed by atoms with E-state index in [4.69, 9.17) is 23.2 Å². The maximum atomic E-state index is 14.2. The molecule has 1 atom stereocenters. The van der Waals surface area contributed by atoms with Crippen molar-refractivity contribution in [2.75, 3.05) is 31.5 Å². The lowest BCUT2D eigenvalue weighted by molar-refractivity contribution is -0.140. The first-order chi connectivity index (χ1) is 19.1. The number of benzene rings is 3. The van der Waals surface area contributed by atoms with Crippen molar-refractivity contribution in [3.8, 4) is 0 Å². The topological polar surface area (TPSA) is 90.0 Å². The molecule has 0 saturated heterocycles. The van der Waals surface area contributed by atoms with Gasteiger partial charge in [-0.25, -0.2) is 4.31 Å². The van der Waals surface area contributed by atoms with Crippen molar-refractivity contribution < 1.29 is 18.0 Å². The molecule has 0 fully saturated rings. The number of rotatable bonds is 13. The summed E-state index contributed by atoms with van der Waals surface area (Å²) < 4.78 is 28.8. The van der Waals surface area contributed by atoms with Crippen LogP contribution in [0.25, 0.3) is 0 Å². The molecule has 3 aromatic rings. The molecule has 0 saturated carbocycles. The Morgan fingerprint density at radius 3 is 2.00 bits per heavy atom. The van der Waals surface area contributed by atoms with Crippen LogP contribution >= 0.6 is 23.2 Å². The van der Waals surface area contributed by atoms with Crippen molar-refractivity contribution in [3.05, 3.63) is 100 Å². The predicted molar refractivity (Wildman–Crippen MR) is 161 cm³/mol. The third-order valence-electron chi connectivity index (χ3n) is 6.27. The SMILES string of the molecule is CCCNC(=O)[C@H](Cc1ccccc1)N(Cc1c(Cl)cccc1Cl)C(=O)CN(c1ccccc1)S(=O)(=O)N(C)C. The maximum absolute atomic E-state index is 14.2. The van der Waals surface area contributed by atoms with Crippen LogP contribution in [0.5, 0.6) is 0 Å². The summed E-state index contributed by atoms with van der Waals surface area (Å²) in [4.78, 5) is 29.1. The summed E-state index contributed by atoms with van der Waals surface area (Å²) in [6.07, 6.45) is 0.910. The lowest BCUT2D eigenvalue weighted by Gasteiger charge is -2.34. The van der Waals surface area contributed by atoms with Gasteiger partial charge in [0.1, 0.15) is 12.6 Å². The van der Waals surface area contributed by atoms with Crippen LogP contribution in [-0.2, 0) is 32.8 Å². The molecule has 40 heavy (non-hydrogen) atoms. The van der Waals surface area contributed by atoms with Gasteiger partial charge in [0, 0.05) is 49.2 Å². The van der Waals surface area contributed by atoms with E-state index in [-0.39, 0.29) is 18.9 Å². The molecule has 11 heteroatoms. The summed E-state index contributed by atoms with van der Waals surface area (Å²) in [5.41, 5.74) is 1.61. The second kappa shape index (κ2) is 14.5. The van der Waals surface area contributed by atoms with Gasteiger partial charge in [-0.3, -0.25) is 9.59 Å². The number of nitrogens with one attached hydrogen (secondary N) is 1. The van der Waals surface area contributed by atoms with Crippen LogP contribution in [0.3, 0.4) is 0 Å². The molecule has 0 heterocycles. The molecule has 3 aromatic carbocycles. The third kappa shape index (κ3) is 7.97. The molecular formula is C29H34Cl2N4O4S. The van der Waals surface area contributed by atoms with Crippen molar-refractivity contribution in [1.82, 2.24) is 14.5 Å². The molecule has 0 spiro atoms. The van der Waals surface area contributed by atoms with E-state index in [0.29, 0.717) is 34.3 Å². The summed E-state index contributed by atoms with van der Waals surface area (Å²) in [7, 11) is -1.27. The number of halogens is 2. The van der Waals surface area contributed by atoms with Crippen LogP contribution in [0.2, 0.25) is 10.0 Å². The van der Waals surface area contributed by atoms with Gasteiger partial charge in [0.25, 0.3) is 0 Å². The number of hydrogen-bond acceptors (Lipinski definition) is 4. The standard InChI is InChI=1S/C29H34Cl2N4O4S/c1-4-18-32-29(37)27(19-22-12-7-5-8-13-22)34(20-24-25(30)16-11-17-26(24)31)28(36)21-35(40(38,39)33(2)3)23-14-9-6-10-15-23/h5-17,27H,4,18-21H2,1-3H3,(H,32,37)/t27-/m0/s1. The lowest BCUT2D eigenvalue weighted by Crippen LogP contribution is -2.54. The first-order valence-electron chi connectivity index (χ1n) is 12.9. The summed E-state index contributed by atoms with van der Waals surface area (Å²) in [5.74, 6) is -0.943. The van der Waals surface area contributed by atoms with Gasteiger partial charge in [0.15, 0.2) is 0 Å². The molecule has 0 aliphatic rings. The van der Waals surface area contributed by atoms with E-state index < -0.39 is 28.7 Å². The zero-order valence-corrected chi connectivity index (χ0v) is 25.1. The van der Waals surface area contributed by atoms with Gasteiger partial charge in [-0.05, 0) is 36.2 Å². The number of hydrogen-bond donors (Lipinski definition) is 1. The van der Waals surface area contributed by atoms with Gasteiger partial charge in [-0.2, -0.15) is 12.7 Å². The molecule has 0 bridgehead atoms. The highest BCUT2D eigenvalue weighted by atomic mass is 35.5. The third-order valence-corrected chi connectivity index (χ3v) is 8.80. The van der Waals surface area contributed by atoms with Crippen LogP contribution in [-0.4, -0.2) is 62.7 Å². The number of para-hydroxylation sites is 1. The Kier molecular flexibility index (Phi) is 11.4. The zero-order valence-electron chi connectivity index (χ0n) is 22.8. The highest BCUT2D eigenvalue weighted by Gasteiger charge is 2.35. The van der Waals surface area contributed by atoms with Gasteiger partial charge in [0.05, 0.1) is 5.69 Å². The van der Waals surface area contributed by atoms with Crippen LogP contribution in [0.4, 0.5) is 5.69 Å². The summed E-state index contributed by atoms with van der Waals surface area (Å²) >= 11 is 13.0. The molecule has 1 N–H and O–H groups in total. The Morgan fingerprint density at radius 1 is 0.875 bits per heavy atom. The van der Waals surface area contributed by atoms with E-state index in [9.17, 15) is 18.0 Å². The average Bonchev–Trinajstić information content (AvgIpc) is 2.94. The van der Waals surface area contributed by atoms with Crippen LogP contribution < -0.4 is 9.62 Å². The van der Waals surface area contributed by atoms with Gasteiger partial charge in [-0.1, -0.05) is 84.7 Å². The fourth-order valence-corrected chi connectivity index (χ4v) is 5.66. The average molecular weight is 606 g/mol. The summed E-state index contributed by atoms with van der Waals surface area (Å²) in [5, 5.41) is 3.56. The Labute approximate surface area is 246 Å². The van der Waals surface area contributed by atoms with Crippen LogP contribution in [0.1, 0.15) is 24.5 Å². The molecule has 214 valence electrons. The number of anilines is 1. The highest BCUT2D eigenvalue weighted by Crippen LogP contribution is 2.28. The normalized spacial score (nSPS) is 12.2. The van der Waals surface area contributed by atoms with E-state index in [0.717, 1.165) is 14.2 Å². The highest BCUT2D eigenvalue weighted by molar-refractivity contribution is 7.90. The molecule has 0 aromatic heterocycles. The smallest absolute Gasteiger partial charge is 0.304 e. The molecule has 0 unspecified atom stereocenters. The Morgan fingerprint density at radius 2 is 1.45 bits per heavy atom. The first-order valence-corrected chi connectivity index (χ1v) is 15.0. The number of carbonyl (C=O) groups is 2. The first kappa shape index (κ1) is 31.4. The minimum Gasteiger partial charge on any atom is -0.354 e. The van der Waals surface area contributed by atoms with E-state index in [1.165, 1.54) is 19.0 Å². The molecule has 0 aliphatic carbocycles. The second-order valence-corrected chi connectivity index (χ2v) is 12.2. The summed E-state index contributed by atoms with van der Waals surface area (Å²) in [6.45, 7) is 1.71. The lowest BCUT2D eigenvalue weighted by atomic mass is 10.0. The van der Waals surface area contributed by atoms with Gasteiger partial charge in [-0.15, -0.1) is 0 Å². The number of nitrogens with zero attached hydrogens (tertiary/aromatic N) is 3. The largest absolute Gasteiger partial charge is 0.354 e. The Bertz CT molecular complexity index is 1370. The van der Waals surface area contributed by atoms with Crippen LogP contribution in [0.15, 0.2) is 78.9 Å². The summed E-state index contributed by atoms with van der Waals surface area (Å²) in [6, 6.07) is 21.7. The minimum atomic E-state index is -4.06. The van der Waals surface area contributed by atoms with E-state index in [1.807, 2.05) is 37.3 Å². The zero-order chi connectivity index (χ0) is 29.3. The van der Waals surface area contributed by atoms with Crippen molar-refractivity contribution in [2.45, 2.75) is 32.4 Å². The second-order valence-electron chi connectivity index (χ2n) is 9.35. The van der Waals surface area contributed by atoms with E-state index >= 15 is 0 Å². The van der Waals surface area contributed by atoms with Crippen molar-refractivity contribution >= 4 is 50.9 Å². The van der Waals surface area contributed by atoms with Crippen molar-refractivity contribution in [3.63, 3.8) is 0 Å². The van der Waals surface area contributed by atoms with E-state index in [2.05, 4.69) is 5.32 Å². The molecule has 8 nitrogen and oxygen atoms in total. The fraction of sp³-hybridized carbons (Fsp3) is 0.310. The monoisotopic (exact) mass is 604 g/mol. The Balaban J connectivity index is 2.11. The number of carbonyl (C=O) groups excluding carboxylic acids is 2.